The molecule has 3 rings (SSSR count). The molecular formula is C20H31N3O3. The van der Waals surface area contributed by atoms with Crippen LogP contribution in [0.25, 0.3) is 0 Å². The van der Waals surface area contributed by atoms with Crippen molar-refractivity contribution in [2.24, 2.45) is 0 Å². The minimum absolute atomic E-state index is 0.198. The molecule has 0 spiro atoms. The Morgan fingerprint density at radius 2 is 1.85 bits per heavy atom. The van der Waals surface area contributed by atoms with Gasteiger partial charge in [-0.15, -0.1) is 0 Å². The van der Waals surface area contributed by atoms with E-state index in [1.165, 1.54) is 5.56 Å². The molecule has 6 nitrogen and oxygen atoms in total. The first kappa shape index (κ1) is 19.1. The van der Waals surface area contributed by atoms with E-state index in [1.54, 1.807) is 4.90 Å². The fourth-order valence-electron chi connectivity index (χ4n) is 4.02. The summed E-state index contributed by atoms with van der Waals surface area (Å²) in [4.78, 5) is 18.4. The van der Waals surface area contributed by atoms with Crippen LogP contribution in [0.3, 0.4) is 0 Å². The lowest BCUT2D eigenvalue weighted by Gasteiger charge is -2.38. The highest BCUT2D eigenvalue weighted by Gasteiger charge is 2.30. The maximum absolute atomic E-state index is 11.8. The Hall–Kier alpha value is -1.63. The van der Waals surface area contributed by atoms with Crippen LogP contribution in [-0.4, -0.2) is 83.9 Å². The molecule has 1 amide bonds. The SMILES string of the molecule is CCOC(=O)N1CCC(N2CCN(Cc3ccccc3)C[C@@H](O)C2)CC1. The summed E-state index contributed by atoms with van der Waals surface area (Å²) in [6.45, 7) is 7.99. The zero-order valence-corrected chi connectivity index (χ0v) is 15.7. The van der Waals surface area contributed by atoms with Crippen LogP contribution < -0.4 is 0 Å². The Labute approximate surface area is 156 Å². The van der Waals surface area contributed by atoms with Crippen molar-refractivity contribution in [1.82, 2.24) is 14.7 Å². The van der Waals surface area contributed by atoms with Crippen LogP contribution in [0.1, 0.15) is 25.3 Å². The number of likely N-dealkylation sites (tertiary alicyclic amines) is 1. The zero-order chi connectivity index (χ0) is 18.4. The van der Waals surface area contributed by atoms with Crippen molar-refractivity contribution >= 4 is 6.09 Å². The molecule has 6 heteroatoms. The molecule has 2 fully saturated rings. The standard InChI is InChI=1S/C20H31N3O3/c1-2-26-20(25)22-10-8-18(9-11-22)23-13-12-21(15-19(24)16-23)14-17-6-4-3-5-7-17/h3-7,18-19,24H,2,8-16H2,1H3/t19-/m1/s1. The number of benzene rings is 1. The number of ether oxygens (including phenoxy) is 1. The Morgan fingerprint density at radius 3 is 2.54 bits per heavy atom. The van der Waals surface area contributed by atoms with E-state index >= 15 is 0 Å². The molecule has 2 saturated heterocycles. The molecule has 1 N–H and O–H groups in total. The van der Waals surface area contributed by atoms with Crippen LogP contribution in [0.15, 0.2) is 30.3 Å². The molecule has 1 aromatic rings. The van der Waals surface area contributed by atoms with Crippen molar-refractivity contribution < 1.29 is 14.6 Å². The van der Waals surface area contributed by atoms with Crippen molar-refractivity contribution in [1.29, 1.82) is 0 Å². The van der Waals surface area contributed by atoms with Crippen LogP contribution >= 0.6 is 0 Å². The quantitative estimate of drug-likeness (QED) is 0.886. The van der Waals surface area contributed by atoms with E-state index in [4.69, 9.17) is 4.74 Å². The van der Waals surface area contributed by atoms with Crippen LogP contribution in [0, 0.1) is 0 Å². The minimum atomic E-state index is -0.329. The number of β-amino-alcohol motifs (C(OH)–C–C–N with tert-alkyl or cyclic N) is 1. The fraction of sp³-hybridized carbons (Fsp3) is 0.650. The van der Waals surface area contributed by atoms with E-state index in [-0.39, 0.29) is 12.2 Å². The summed E-state index contributed by atoms with van der Waals surface area (Å²) in [7, 11) is 0. The molecule has 2 heterocycles. The molecule has 0 bridgehead atoms. The molecule has 144 valence electrons. The molecule has 2 aliphatic rings. The highest BCUT2D eigenvalue weighted by Crippen LogP contribution is 2.20. The average Bonchev–Trinajstić information content (AvgIpc) is 2.84. The molecule has 2 aliphatic heterocycles. The third-order valence-corrected chi connectivity index (χ3v) is 5.37. The number of piperidine rings is 1. The summed E-state index contributed by atoms with van der Waals surface area (Å²) in [5.74, 6) is 0. The lowest BCUT2D eigenvalue weighted by molar-refractivity contribution is 0.0577. The average molecular weight is 361 g/mol. The lowest BCUT2D eigenvalue weighted by Crippen LogP contribution is -2.48. The smallest absolute Gasteiger partial charge is 0.409 e. The van der Waals surface area contributed by atoms with E-state index in [0.29, 0.717) is 19.2 Å². The van der Waals surface area contributed by atoms with Gasteiger partial charge in [0, 0.05) is 51.9 Å². The van der Waals surface area contributed by atoms with Gasteiger partial charge in [-0.25, -0.2) is 4.79 Å². The summed E-state index contributed by atoms with van der Waals surface area (Å²) in [5, 5.41) is 10.5. The monoisotopic (exact) mass is 361 g/mol. The third kappa shape index (κ3) is 5.19. The Morgan fingerprint density at radius 1 is 1.12 bits per heavy atom. The van der Waals surface area contributed by atoms with Crippen molar-refractivity contribution in [2.75, 3.05) is 45.9 Å². The van der Waals surface area contributed by atoms with Crippen molar-refractivity contribution in [3.05, 3.63) is 35.9 Å². The first-order valence-electron chi connectivity index (χ1n) is 9.75. The van der Waals surface area contributed by atoms with Gasteiger partial charge in [-0.05, 0) is 25.3 Å². The molecule has 0 aliphatic carbocycles. The Balaban J connectivity index is 1.50. The predicted octanol–water partition coefficient (Wildman–Crippen LogP) is 1.79. The molecule has 26 heavy (non-hydrogen) atoms. The second-order valence-electron chi connectivity index (χ2n) is 7.29. The van der Waals surface area contributed by atoms with Gasteiger partial charge >= 0.3 is 6.09 Å². The van der Waals surface area contributed by atoms with E-state index in [9.17, 15) is 9.90 Å². The highest BCUT2D eigenvalue weighted by atomic mass is 16.6. The molecule has 0 saturated carbocycles. The van der Waals surface area contributed by atoms with Crippen molar-refractivity contribution in [3.63, 3.8) is 0 Å². The molecule has 1 aromatic carbocycles. The van der Waals surface area contributed by atoms with Gasteiger partial charge in [-0.2, -0.15) is 0 Å². The van der Waals surface area contributed by atoms with Gasteiger partial charge < -0.3 is 14.7 Å². The van der Waals surface area contributed by atoms with Gasteiger partial charge in [0.1, 0.15) is 0 Å². The van der Waals surface area contributed by atoms with Gasteiger partial charge in [0.15, 0.2) is 0 Å². The van der Waals surface area contributed by atoms with Crippen LogP contribution in [0.4, 0.5) is 4.79 Å². The molecule has 0 unspecified atom stereocenters. The summed E-state index contributed by atoms with van der Waals surface area (Å²) < 4.78 is 5.10. The molecule has 0 radical (unpaired) electrons. The maximum Gasteiger partial charge on any atom is 0.409 e. The number of carbonyl (C=O) groups excluding carboxylic acids is 1. The largest absolute Gasteiger partial charge is 0.450 e. The second kappa shape index (κ2) is 9.35. The van der Waals surface area contributed by atoms with Crippen molar-refractivity contribution in [2.45, 2.75) is 38.5 Å². The minimum Gasteiger partial charge on any atom is -0.450 e. The Bertz CT molecular complexity index is 561. The zero-order valence-electron chi connectivity index (χ0n) is 15.7. The van der Waals surface area contributed by atoms with E-state index in [0.717, 1.165) is 52.1 Å². The topological polar surface area (TPSA) is 56.2 Å². The van der Waals surface area contributed by atoms with Gasteiger partial charge in [0.05, 0.1) is 12.7 Å². The van der Waals surface area contributed by atoms with Gasteiger partial charge in [0.2, 0.25) is 0 Å². The van der Waals surface area contributed by atoms with E-state index in [1.807, 2.05) is 13.0 Å². The van der Waals surface area contributed by atoms with E-state index < -0.39 is 0 Å². The number of amides is 1. The molecule has 0 aromatic heterocycles. The number of rotatable bonds is 4. The van der Waals surface area contributed by atoms with Gasteiger partial charge in [0.25, 0.3) is 0 Å². The van der Waals surface area contributed by atoms with E-state index in [2.05, 4.69) is 34.1 Å². The lowest BCUT2D eigenvalue weighted by atomic mass is 10.0. The van der Waals surface area contributed by atoms with Crippen LogP contribution in [0.5, 0.6) is 0 Å². The van der Waals surface area contributed by atoms with Crippen LogP contribution in [-0.2, 0) is 11.3 Å². The number of nitrogens with zero attached hydrogens (tertiary/aromatic N) is 3. The number of hydrogen-bond acceptors (Lipinski definition) is 5. The first-order chi connectivity index (χ1) is 12.7. The summed E-state index contributed by atoms with van der Waals surface area (Å²) in [5.41, 5.74) is 1.29. The predicted molar refractivity (Wildman–Crippen MR) is 101 cm³/mol. The summed E-state index contributed by atoms with van der Waals surface area (Å²) in [6.07, 6.45) is 1.37. The first-order valence-corrected chi connectivity index (χ1v) is 9.75. The normalized spacial score (nSPS) is 23.6. The fourth-order valence-corrected chi connectivity index (χ4v) is 4.02. The van der Waals surface area contributed by atoms with Crippen molar-refractivity contribution in [3.8, 4) is 0 Å². The summed E-state index contributed by atoms with van der Waals surface area (Å²) >= 11 is 0. The van der Waals surface area contributed by atoms with Gasteiger partial charge in [-0.1, -0.05) is 30.3 Å². The molecular weight excluding hydrogens is 330 g/mol. The number of aliphatic hydroxyl groups is 1. The highest BCUT2D eigenvalue weighted by molar-refractivity contribution is 5.67. The third-order valence-electron chi connectivity index (χ3n) is 5.37. The Kier molecular flexibility index (Phi) is 6.88. The second-order valence-corrected chi connectivity index (χ2v) is 7.29. The number of hydrogen-bond donors (Lipinski definition) is 1. The number of aliphatic hydroxyl groups excluding tert-OH is 1. The number of carbonyl (C=O) groups is 1. The molecule has 1 atom stereocenters. The van der Waals surface area contributed by atoms with Crippen LogP contribution in [0.2, 0.25) is 0 Å². The van der Waals surface area contributed by atoms with Gasteiger partial charge in [-0.3, -0.25) is 9.80 Å². The maximum atomic E-state index is 11.8. The summed E-state index contributed by atoms with van der Waals surface area (Å²) in [6, 6.07) is 10.9.